The molecule has 5 heteroatoms. The maximum atomic E-state index is 12.8. The first-order valence-corrected chi connectivity index (χ1v) is 9.11. The summed E-state index contributed by atoms with van der Waals surface area (Å²) in [6, 6.07) is 23.2. The number of benzene rings is 3. The molecule has 3 aromatic rings. The van der Waals surface area contributed by atoms with Crippen LogP contribution in [0.4, 0.5) is 5.69 Å². The second-order valence-electron chi connectivity index (χ2n) is 6.25. The molecule has 0 unspecified atom stereocenters. The number of hydrogen-bond donors (Lipinski definition) is 2. The van der Waals surface area contributed by atoms with Crippen molar-refractivity contribution >= 4 is 35.2 Å². The molecule has 0 atom stereocenters. The fourth-order valence-electron chi connectivity index (χ4n) is 2.50. The normalized spacial score (nSPS) is 11.0. The van der Waals surface area contributed by atoms with E-state index in [1.165, 1.54) is 0 Å². The molecule has 3 aromatic carbocycles. The maximum absolute atomic E-state index is 12.8. The van der Waals surface area contributed by atoms with Crippen LogP contribution in [0.5, 0.6) is 0 Å². The van der Waals surface area contributed by atoms with Crippen LogP contribution in [0.25, 0.3) is 6.08 Å². The highest BCUT2D eigenvalue weighted by atomic mass is 35.5. The van der Waals surface area contributed by atoms with Crippen molar-refractivity contribution in [3.05, 3.63) is 106 Å². The molecule has 0 aliphatic heterocycles. The highest BCUT2D eigenvalue weighted by Crippen LogP contribution is 2.14. The summed E-state index contributed by atoms with van der Waals surface area (Å²) in [5, 5.41) is 6.10. The lowest BCUT2D eigenvalue weighted by Crippen LogP contribution is -2.30. The predicted molar refractivity (Wildman–Crippen MR) is 113 cm³/mol. The molecule has 0 saturated carbocycles. The van der Waals surface area contributed by atoms with Gasteiger partial charge >= 0.3 is 0 Å². The molecule has 2 amide bonds. The van der Waals surface area contributed by atoms with Crippen molar-refractivity contribution in [2.24, 2.45) is 0 Å². The first-order chi connectivity index (χ1) is 13.5. The van der Waals surface area contributed by atoms with Crippen molar-refractivity contribution in [2.75, 3.05) is 5.32 Å². The SMILES string of the molecule is Cc1ccc(C(=O)NC(=Cc2ccc(Cl)cc2)C(=O)Nc2ccccc2)cc1. The van der Waals surface area contributed by atoms with Crippen LogP contribution in [0.1, 0.15) is 21.5 Å². The number of nitrogens with one attached hydrogen (secondary N) is 2. The lowest BCUT2D eigenvalue weighted by molar-refractivity contribution is -0.113. The second kappa shape index (κ2) is 9.02. The smallest absolute Gasteiger partial charge is 0.272 e. The van der Waals surface area contributed by atoms with Gasteiger partial charge in [-0.3, -0.25) is 9.59 Å². The largest absolute Gasteiger partial charge is 0.321 e. The van der Waals surface area contributed by atoms with Gasteiger partial charge in [-0.15, -0.1) is 0 Å². The Morgan fingerprint density at radius 1 is 0.857 bits per heavy atom. The average Bonchev–Trinajstić information content (AvgIpc) is 2.70. The number of carbonyl (C=O) groups is 2. The van der Waals surface area contributed by atoms with Crippen molar-refractivity contribution in [2.45, 2.75) is 6.92 Å². The van der Waals surface area contributed by atoms with Gasteiger partial charge in [0.2, 0.25) is 0 Å². The van der Waals surface area contributed by atoms with E-state index in [2.05, 4.69) is 10.6 Å². The third-order valence-electron chi connectivity index (χ3n) is 4.02. The Kier molecular flexibility index (Phi) is 6.25. The summed E-state index contributed by atoms with van der Waals surface area (Å²) in [7, 11) is 0. The third kappa shape index (κ3) is 5.32. The summed E-state index contributed by atoms with van der Waals surface area (Å²) in [6.45, 7) is 1.95. The molecule has 0 saturated heterocycles. The number of rotatable bonds is 5. The monoisotopic (exact) mass is 390 g/mol. The van der Waals surface area contributed by atoms with Crippen molar-refractivity contribution < 1.29 is 9.59 Å². The fourth-order valence-corrected chi connectivity index (χ4v) is 2.63. The van der Waals surface area contributed by atoms with E-state index in [4.69, 9.17) is 11.6 Å². The van der Waals surface area contributed by atoms with Gasteiger partial charge in [-0.25, -0.2) is 0 Å². The molecule has 0 aromatic heterocycles. The van der Waals surface area contributed by atoms with Crippen LogP contribution in [-0.4, -0.2) is 11.8 Å². The van der Waals surface area contributed by atoms with E-state index in [1.54, 1.807) is 54.6 Å². The molecule has 140 valence electrons. The molecule has 3 rings (SSSR count). The Balaban J connectivity index is 1.87. The molecular formula is C23H19ClN2O2. The fraction of sp³-hybridized carbons (Fsp3) is 0.0435. The highest BCUT2D eigenvalue weighted by molar-refractivity contribution is 6.30. The zero-order valence-electron chi connectivity index (χ0n) is 15.3. The van der Waals surface area contributed by atoms with Gasteiger partial charge in [0.25, 0.3) is 11.8 Å². The molecule has 0 bridgehead atoms. The second-order valence-corrected chi connectivity index (χ2v) is 6.69. The van der Waals surface area contributed by atoms with E-state index >= 15 is 0 Å². The summed E-state index contributed by atoms with van der Waals surface area (Å²) in [5.74, 6) is -0.773. The van der Waals surface area contributed by atoms with Gasteiger partial charge in [-0.2, -0.15) is 0 Å². The number of aryl methyl sites for hydroxylation is 1. The summed E-state index contributed by atoms with van der Waals surface area (Å²) in [5.41, 5.74) is 3.04. The zero-order valence-corrected chi connectivity index (χ0v) is 16.0. The lowest BCUT2D eigenvalue weighted by Gasteiger charge is -2.11. The minimum atomic E-state index is -0.415. The number of para-hydroxylation sites is 1. The van der Waals surface area contributed by atoms with E-state index in [0.717, 1.165) is 11.1 Å². The van der Waals surface area contributed by atoms with Crippen LogP contribution in [-0.2, 0) is 4.79 Å². The number of amides is 2. The molecule has 28 heavy (non-hydrogen) atoms. The van der Waals surface area contributed by atoms with E-state index in [-0.39, 0.29) is 11.6 Å². The Morgan fingerprint density at radius 2 is 1.50 bits per heavy atom. The molecule has 2 N–H and O–H groups in total. The van der Waals surface area contributed by atoms with Crippen LogP contribution in [0, 0.1) is 6.92 Å². The topological polar surface area (TPSA) is 58.2 Å². The number of carbonyl (C=O) groups excluding carboxylic acids is 2. The van der Waals surface area contributed by atoms with Gasteiger partial charge in [-0.05, 0) is 55.0 Å². The van der Waals surface area contributed by atoms with Crippen molar-refractivity contribution in [3.63, 3.8) is 0 Å². The molecule has 0 heterocycles. The highest BCUT2D eigenvalue weighted by Gasteiger charge is 2.15. The molecule has 0 spiro atoms. The molecule has 4 nitrogen and oxygen atoms in total. The van der Waals surface area contributed by atoms with Crippen LogP contribution in [0.15, 0.2) is 84.6 Å². The average molecular weight is 391 g/mol. The van der Waals surface area contributed by atoms with Gasteiger partial charge in [0.15, 0.2) is 0 Å². The minimum Gasteiger partial charge on any atom is -0.321 e. The summed E-state index contributed by atoms with van der Waals surface area (Å²) >= 11 is 5.93. The Labute approximate surface area is 168 Å². The van der Waals surface area contributed by atoms with E-state index in [0.29, 0.717) is 16.3 Å². The van der Waals surface area contributed by atoms with Crippen molar-refractivity contribution in [3.8, 4) is 0 Å². The Hall–Kier alpha value is -3.37. The number of halogens is 1. The third-order valence-corrected chi connectivity index (χ3v) is 4.27. The summed E-state index contributed by atoms with van der Waals surface area (Å²) < 4.78 is 0. The van der Waals surface area contributed by atoms with Gasteiger partial charge in [-0.1, -0.05) is 59.6 Å². The van der Waals surface area contributed by atoms with Gasteiger partial charge in [0, 0.05) is 16.3 Å². The van der Waals surface area contributed by atoms with Crippen LogP contribution in [0.3, 0.4) is 0 Å². The summed E-state index contributed by atoms with van der Waals surface area (Å²) in [4.78, 5) is 25.4. The van der Waals surface area contributed by atoms with Crippen LogP contribution < -0.4 is 10.6 Å². The van der Waals surface area contributed by atoms with Gasteiger partial charge in [0.05, 0.1) is 0 Å². The Bertz CT molecular complexity index is 995. The number of hydrogen-bond acceptors (Lipinski definition) is 2. The zero-order chi connectivity index (χ0) is 19.9. The van der Waals surface area contributed by atoms with Crippen LogP contribution in [0.2, 0.25) is 5.02 Å². The molecule has 0 fully saturated rings. The first-order valence-electron chi connectivity index (χ1n) is 8.73. The standard InChI is InChI=1S/C23H19ClN2O2/c1-16-7-11-18(12-8-16)22(27)26-21(15-17-9-13-19(24)14-10-17)23(28)25-20-5-3-2-4-6-20/h2-15H,1H3,(H,25,28)(H,26,27). The van der Waals surface area contributed by atoms with Gasteiger partial charge in [0.1, 0.15) is 5.70 Å². The molecule has 0 aliphatic rings. The number of anilines is 1. The first kappa shape index (κ1) is 19.4. The van der Waals surface area contributed by atoms with Crippen LogP contribution >= 0.6 is 11.6 Å². The van der Waals surface area contributed by atoms with E-state index in [9.17, 15) is 9.59 Å². The van der Waals surface area contributed by atoms with Gasteiger partial charge < -0.3 is 10.6 Å². The molecule has 0 radical (unpaired) electrons. The molecule has 0 aliphatic carbocycles. The van der Waals surface area contributed by atoms with E-state index < -0.39 is 5.91 Å². The Morgan fingerprint density at radius 3 is 2.14 bits per heavy atom. The molecular weight excluding hydrogens is 372 g/mol. The lowest BCUT2D eigenvalue weighted by atomic mass is 10.1. The van der Waals surface area contributed by atoms with Crippen molar-refractivity contribution in [1.82, 2.24) is 5.32 Å². The minimum absolute atomic E-state index is 0.136. The van der Waals surface area contributed by atoms with Crippen molar-refractivity contribution in [1.29, 1.82) is 0 Å². The summed E-state index contributed by atoms with van der Waals surface area (Å²) in [6.07, 6.45) is 1.61. The maximum Gasteiger partial charge on any atom is 0.272 e. The predicted octanol–water partition coefficient (Wildman–Crippen LogP) is 5.06. The quantitative estimate of drug-likeness (QED) is 0.598. The van der Waals surface area contributed by atoms with E-state index in [1.807, 2.05) is 37.3 Å².